The Hall–Kier alpha value is -3.46. The number of anilines is 1. The van der Waals surface area contributed by atoms with E-state index >= 15 is 0 Å². The highest BCUT2D eigenvalue weighted by molar-refractivity contribution is 5.87. The first kappa shape index (κ1) is 20.8. The lowest BCUT2D eigenvalue weighted by atomic mass is 10.2. The Morgan fingerprint density at radius 2 is 1.97 bits per heavy atom. The average Bonchev–Trinajstić information content (AvgIpc) is 3.15. The summed E-state index contributed by atoms with van der Waals surface area (Å²) in [4.78, 5) is 30.8. The molecule has 1 aliphatic rings. The maximum absolute atomic E-state index is 13.3. The van der Waals surface area contributed by atoms with Crippen LogP contribution in [0.15, 0.2) is 51.1 Å². The molecule has 0 bridgehead atoms. The zero-order chi connectivity index (χ0) is 22.0. The zero-order valence-electron chi connectivity index (χ0n) is 18.0. The van der Waals surface area contributed by atoms with E-state index in [2.05, 4.69) is 10.1 Å². The summed E-state index contributed by atoms with van der Waals surface area (Å²) < 4.78 is 9.95. The number of hydrazone groups is 1. The summed E-state index contributed by atoms with van der Waals surface area (Å²) in [7, 11) is 1.64. The SMILES string of the molecule is CCOCCN1N=C(C)Cn2c1nc1c2c(=O)n(CC=Cc2ccccc2)c(=O)n1C. The number of aromatic nitrogens is 4. The van der Waals surface area contributed by atoms with Gasteiger partial charge in [-0.1, -0.05) is 42.5 Å². The van der Waals surface area contributed by atoms with Crippen molar-refractivity contribution in [2.45, 2.75) is 26.9 Å². The molecule has 3 aromatic rings. The second kappa shape index (κ2) is 8.73. The molecular formula is C22H26N6O3. The average molecular weight is 422 g/mol. The smallest absolute Gasteiger partial charge is 0.332 e. The van der Waals surface area contributed by atoms with Gasteiger partial charge in [-0.3, -0.25) is 18.5 Å². The number of benzene rings is 1. The van der Waals surface area contributed by atoms with Gasteiger partial charge in [0.1, 0.15) is 0 Å². The molecule has 0 amide bonds. The highest BCUT2D eigenvalue weighted by Gasteiger charge is 2.26. The van der Waals surface area contributed by atoms with Crippen molar-refractivity contribution in [1.29, 1.82) is 0 Å². The van der Waals surface area contributed by atoms with E-state index < -0.39 is 5.69 Å². The van der Waals surface area contributed by atoms with E-state index in [1.165, 1.54) is 9.13 Å². The van der Waals surface area contributed by atoms with Gasteiger partial charge < -0.3 is 4.74 Å². The Labute approximate surface area is 179 Å². The summed E-state index contributed by atoms with van der Waals surface area (Å²) in [6.07, 6.45) is 3.72. The number of ether oxygens (including phenoxy) is 1. The van der Waals surface area contributed by atoms with Crippen LogP contribution in [0.5, 0.6) is 0 Å². The third kappa shape index (κ3) is 3.96. The van der Waals surface area contributed by atoms with Crippen molar-refractivity contribution in [3.63, 3.8) is 0 Å². The molecule has 2 aromatic heterocycles. The summed E-state index contributed by atoms with van der Waals surface area (Å²) in [5.74, 6) is 0.546. The molecular weight excluding hydrogens is 396 g/mol. The van der Waals surface area contributed by atoms with Crippen molar-refractivity contribution in [3.05, 3.63) is 62.8 Å². The molecule has 0 aliphatic carbocycles. The lowest BCUT2D eigenvalue weighted by Crippen LogP contribution is -2.39. The van der Waals surface area contributed by atoms with Gasteiger partial charge in [-0.25, -0.2) is 9.80 Å². The van der Waals surface area contributed by atoms with Crippen LogP contribution in [0.25, 0.3) is 17.2 Å². The summed E-state index contributed by atoms with van der Waals surface area (Å²) in [6.45, 7) is 6.08. The van der Waals surface area contributed by atoms with Crippen LogP contribution in [0.1, 0.15) is 19.4 Å². The van der Waals surface area contributed by atoms with Crippen LogP contribution in [0.2, 0.25) is 0 Å². The minimum absolute atomic E-state index is 0.179. The number of hydrogen-bond donors (Lipinski definition) is 0. The maximum atomic E-state index is 13.3. The molecule has 31 heavy (non-hydrogen) atoms. The van der Waals surface area contributed by atoms with Gasteiger partial charge >= 0.3 is 5.69 Å². The van der Waals surface area contributed by atoms with Crippen molar-refractivity contribution >= 4 is 28.9 Å². The number of rotatable bonds is 7. The van der Waals surface area contributed by atoms with Gasteiger partial charge in [0.25, 0.3) is 5.56 Å². The van der Waals surface area contributed by atoms with Gasteiger partial charge in [-0.2, -0.15) is 10.1 Å². The second-order valence-electron chi connectivity index (χ2n) is 7.40. The lowest BCUT2D eigenvalue weighted by Gasteiger charge is -2.24. The highest BCUT2D eigenvalue weighted by atomic mass is 16.5. The van der Waals surface area contributed by atoms with Gasteiger partial charge in [0, 0.05) is 20.2 Å². The summed E-state index contributed by atoms with van der Waals surface area (Å²) >= 11 is 0. The largest absolute Gasteiger partial charge is 0.380 e. The summed E-state index contributed by atoms with van der Waals surface area (Å²) in [5, 5.41) is 6.29. The molecule has 0 radical (unpaired) electrons. The van der Waals surface area contributed by atoms with E-state index in [4.69, 9.17) is 4.74 Å². The minimum atomic E-state index is -0.399. The van der Waals surface area contributed by atoms with Gasteiger partial charge in [-0.15, -0.1) is 0 Å². The first-order chi connectivity index (χ1) is 15.0. The molecule has 0 unspecified atom stereocenters. The number of fused-ring (bicyclic) bond motifs is 3. The summed E-state index contributed by atoms with van der Waals surface area (Å²) in [6, 6.07) is 9.75. The van der Waals surface area contributed by atoms with E-state index in [0.29, 0.717) is 43.4 Å². The van der Waals surface area contributed by atoms with E-state index in [1.54, 1.807) is 12.1 Å². The topological polar surface area (TPSA) is 86.7 Å². The van der Waals surface area contributed by atoms with Gasteiger partial charge in [0.05, 0.1) is 25.4 Å². The third-order valence-electron chi connectivity index (χ3n) is 5.17. The first-order valence-electron chi connectivity index (χ1n) is 10.3. The Balaban J connectivity index is 1.76. The van der Waals surface area contributed by atoms with E-state index in [1.807, 2.05) is 60.9 Å². The normalized spacial score (nSPS) is 13.8. The minimum Gasteiger partial charge on any atom is -0.380 e. The van der Waals surface area contributed by atoms with E-state index in [0.717, 1.165) is 11.3 Å². The van der Waals surface area contributed by atoms with Gasteiger partial charge in [0.2, 0.25) is 5.95 Å². The molecule has 9 nitrogen and oxygen atoms in total. The number of nitrogens with zero attached hydrogens (tertiary/aromatic N) is 6. The quantitative estimate of drug-likeness (QED) is 0.543. The predicted octanol–water partition coefficient (Wildman–Crippen LogP) is 1.84. The van der Waals surface area contributed by atoms with Crippen molar-refractivity contribution in [1.82, 2.24) is 18.7 Å². The molecule has 162 valence electrons. The molecule has 0 atom stereocenters. The standard InChI is InChI=1S/C22H26N6O3/c1-4-31-14-13-28-21-23-19-18(27(21)15-16(2)24-28)20(29)26(22(30)25(19)3)12-8-11-17-9-6-5-7-10-17/h5-11H,4,12-15H2,1-3H3. The number of imidazole rings is 1. The zero-order valence-corrected chi connectivity index (χ0v) is 18.0. The lowest BCUT2D eigenvalue weighted by molar-refractivity contribution is 0.153. The predicted molar refractivity (Wildman–Crippen MR) is 122 cm³/mol. The number of allylic oxidation sites excluding steroid dienone is 1. The van der Waals surface area contributed by atoms with Crippen molar-refractivity contribution < 1.29 is 4.74 Å². The maximum Gasteiger partial charge on any atom is 0.332 e. The van der Waals surface area contributed by atoms with Crippen LogP contribution in [0.4, 0.5) is 5.95 Å². The fourth-order valence-electron chi connectivity index (χ4n) is 3.68. The Morgan fingerprint density at radius 1 is 1.19 bits per heavy atom. The Bertz CT molecular complexity index is 1270. The van der Waals surface area contributed by atoms with Crippen LogP contribution < -0.4 is 16.3 Å². The molecule has 3 heterocycles. The van der Waals surface area contributed by atoms with E-state index in [9.17, 15) is 9.59 Å². The summed E-state index contributed by atoms with van der Waals surface area (Å²) in [5.41, 5.74) is 1.87. The Morgan fingerprint density at radius 3 is 2.71 bits per heavy atom. The monoisotopic (exact) mass is 422 g/mol. The molecule has 1 aromatic carbocycles. The van der Waals surface area contributed by atoms with Crippen molar-refractivity contribution in [3.8, 4) is 0 Å². The van der Waals surface area contributed by atoms with Crippen LogP contribution in [0, 0.1) is 0 Å². The number of hydrogen-bond acceptors (Lipinski definition) is 6. The molecule has 0 saturated carbocycles. The van der Waals surface area contributed by atoms with Crippen LogP contribution in [0.3, 0.4) is 0 Å². The molecule has 0 saturated heterocycles. The molecule has 0 spiro atoms. The molecule has 0 N–H and O–H groups in total. The van der Waals surface area contributed by atoms with E-state index in [-0.39, 0.29) is 12.1 Å². The molecule has 9 heteroatoms. The fourth-order valence-corrected chi connectivity index (χ4v) is 3.68. The van der Waals surface area contributed by atoms with Gasteiger partial charge in [0.15, 0.2) is 11.2 Å². The third-order valence-corrected chi connectivity index (χ3v) is 5.17. The van der Waals surface area contributed by atoms with Crippen molar-refractivity contribution in [2.75, 3.05) is 24.8 Å². The van der Waals surface area contributed by atoms with Crippen LogP contribution in [-0.4, -0.2) is 44.2 Å². The van der Waals surface area contributed by atoms with Crippen molar-refractivity contribution in [2.24, 2.45) is 12.1 Å². The van der Waals surface area contributed by atoms with Crippen LogP contribution >= 0.6 is 0 Å². The molecule has 0 fully saturated rings. The Kier molecular flexibility index (Phi) is 5.85. The first-order valence-corrected chi connectivity index (χ1v) is 10.3. The fraction of sp³-hybridized carbons (Fsp3) is 0.364. The van der Waals surface area contributed by atoms with Gasteiger partial charge in [-0.05, 0) is 19.4 Å². The molecule has 1 aliphatic heterocycles. The molecule has 4 rings (SSSR count). The van der Waals surface area contributed by atoms with Crippen LogP contribution in [-0.2, 0) is 24.9 Å². The highest BCUT2D eigenvalue weighted by Crippen LogP contribution is 2.23. The second-order valence-corrected chi connectivity index (χ2v) is 7.40. The number of aryl methyl sites for hydroxylation is 1.